The first-order valence-corrected chi connectivity index (χ1v) is 4.53. The Hall–Kier alpha value is -2.09. The van der Waals surface area contributed by atoms with E-state index < -0.39 is 17.7 Å². The molecule has 0 spiro atoms. The number of carboxylic acids is 1. The van der Waals surface area contributed by atoms with Gasteiger partial charge in [-0.05, 0) is 18.2 Å². The van der Waals surface area contributed by atoms with Crippen molar-refractivity contribution in [3.63, 3.8) is 0 Å². The smallest absolute Gasteiger partial charge is 0.305 e. The van der Waals surface area contributed by atoms with Crippen molar-refractivity contribution in [3.05, 3.63) is 29.6 Å². The van der Waals surface area contributed by atoms with Crippen LogP contribution in [0.3, 0.4) is 0 Å². The van der Waals surface area contributed by atoms with Crippen molar-refractivity contribution in [1.29, 1.82) is 5.26 Å². The lowest BCUT2D eigenvalue weighted by Crippen LogP contribution is -2.06. The monoisotopic (exact) mass is 223 g/mol. The summed E-state index contributed by atoms with van der Waals surface area (Å²) < 4.78 is 18.0. The Morgan fingerprint density at radius 1 is 1.69 bits per heavy atom. The van der Waals surface area contributed by atoms with E-state index in [1.165, 1.54) is 19.2 Å². The summed E-state index contributed by atoms with van der Waals surface area (Å²) in [7, 11) is 1.38. The van der Waals surface area contributed by atoms with Crippen molar-refractivity contribution < 1.29 is 19.0 Å². The van der Waals surface area contributed by atoms with Crippen LogP contribution in [0.25, 0.3) is 0 Å². The molecule has 1 aromatic carbocycles. The molecule has 0 fully saturated rings. The quantitative estimate of drug-likeness (QED) is 0.846. The summed E-state index contributed by atoms with van der Waals surface area (Å²) in [4.78, 5) is 10.5. The van der Waals surface area contributed by atoms with Crippen LogP contribution in [0.15, 0.2) is 18.2 Å². The van der Waals surface area contributed by atoms with Crippen LogP contribution >= 0.6 is 0 Å². The third-order valence-corrected chi connectivity index (χ3v) is 2.10. The molecule has 0 radical (unpaired) electrons. The van der Waals surface area contributed by atoms with Gasteiger partial charge in [0.2, 0.25) is 0 Å². The van der Waals surface area contributed by atoms with Gasteiger partial charge in [0.25, 0.3) is 0 Å². The van der Waals surface area contributed by atoms with E-state index >= 15 is 0 Å². The van der Waals surface area contributed by atoms with Gasteiger partial charge >= 0.3 is 5.97 Å². The van der Waals surface area contributed by atoms with E-state index in [1.54, 1.807) is 0 Å². The highest BCUT2D eigenvalue weighted by atomic mass is 19.1. The molecule has 0 aliphatic rings. The molecule has 1 rings (SSSR count). The molecule has 0 saturated carbocycles. The third-order valence-electron chi connectivity index (χ3n) is 2.10. The van der Waals surface area contributed by atoms with Crippen LogP contribution in [0.1, 0.15) is 17.9 Å². The Kier molecular flexibility index (Phi) is 3.84. The average Bonchev–Trinajstić information content (AvgIpc) is 2.25. The number of nitriles is 1. The highest BCUT2D eigenvalue weighted by molar-refractivity contribution is 5.69. The lowest BCUT2D eigenvalue weighted by atomic mass is 9.96. The normalized spacial score (nSPS) is 11.6. The Balaban J connectivity index is 3.13. The van der Waals surface area contributed by atoms with Crippen LogP contribution in [0.5, 0.6) is 5.75 Å². The van der Waals surface area contributed by atoms with E-state index in [9.17, 15) is 9.18 Å². The van der Waals surface area contributed by atoms with E-state index in [2.05, 4.69) is 0 Å². The number of hydrogen-bond donors (Lipinski definition) is 1. The van der Waals surface area contributed by atoms with Gasteiger partial charge in [-0.1, -0.05) is 0 Å². The zero-order valence-corrected chi connectivity index (χ0v) is 8.61. The Morgan fingerprint density at radius 2 is 2.38 bits per heavy atom. The molecule has 4 nitrogen and oxygen atoms in total. The van der Waals surface area contributed by atoms with Crippen LogP contribution in [-0.2, 0) is 4.79 Å². The number of rotatable bonds is 4. The first-order chi connectivity index (χ1) is 7.58. The number of carbonyl (C=O) groups is 1. The summed E-state index contributed by atoms with van der Waals surface area (Å²) in [6.45, 7) is 0. The summed E-state index contributed by atoms with van der Waals surface area (Å²) >= 11 is 0. The third kappa shape index (κ3) is 2.70. The van der Waals surface area contributed by atoms with Crippen molar-refractivity contribution in [2.75, 3.05) is 7.11 Å². The molecule has 1 aromatic rings. The maximum Gasteiger partial charge on any atom is 0.305 e. The Labute approximate surface area is 91.9 Å². The molecule has 0 aromatic heterocycles. The zero-order chi connectivity index (χ0) is 12.1. The minimum Gasteiger partial charge on any atom is -0.496 e. The van der Waals surface area contributed by atoms with Crippen LogP contribution in [0.4, 0.5) is 4.39 Å². The summed E-state index contributed by atoms with van der Waals surface area (Å²) in [5.41, 5.74) is 0.257. The topological polar surface area (TPSA) is 70.3 Å². The zero-order valence-electron chi connectivity index (χ0n) is 8.61. The van der Waals surface area contributed by atoms with Crippen molar-refractivity contribution in [2.24, 2.45) is 0 Å². The van der Waals surface area contributed by atoms with E-state index in [0.717, 1.165) is 6.07 Å². The van der Waals surface area contributed by atoms with E-state index in [-0.39, 0.29) is 12.0 Å². The predicted octanol–water partition coefficient (Wildman–Crippen LogP) is 1.92. The fourth-order valence-electron chi connectivity index (χ4n) is 1.38. The molecule has 5 heteroatoms. The van der Waals surface area contributed by atoms with Gasteiger partial charge in [-0.2, -0.15) is 5.26 Å². The summed E-state index contributed by atoms with van der Waals surface area (Å²) in [6.07, 6.45) is -0.379. The second kappa shape index (κ2) is 5.12. The molecule has 0 amide bonds. The summed E-state index contributed by atoms with van der Waals surface area (Å²) in [5, 5.41) is 17.5. The van der Waals surface area contributed by atoms with Crippen molar-refractivity contribution >= 4 is 5.97 Å². The molecular formula is C11H10FNO3. The molecule has 84 valence electrons. The van der Waals surface area contributed by atoms with Gasteiger partial charge in [0, 0.05) is 5.56 Å². The van der Waals surface area contributed by atoms with Crippen LogP contribution in [0, 0.1) is 17.1 Å². The largest absolute Gasteiger partial charge is 0.496 e. The minimum atomic E-state index is -1.11. The van der Waals surface area contributed by atoms with E-state index in [4.69, 9.17) is 15.1 Å². The fourth-order valence-corrected chi connectivity index (χ4v) is 1.38. The van der Waals surface area contributed by atoms with E-state index in [0.29, 0.717) is 5.75 Å². The maximum atomic E-state index is 13.0. The van der Waals surface area contributed by atoms with Crippen LogP contribution in [-0.4, -0.2) is 18.2 Å². The molecule has 0 heterocycles. The molecule has 1 N–H and O–H groups in total. The van der Waals surface area contributed by atoms with Crippen LogP contribution < -0.4 is 4.74 Å². The lowest BCUT2D eigenvalue weighted by Gasteiger charge is -2.11. The van der Waals surface area contributed by atoms with Crippen molar-refractivity contribution in [1.82, 2.24) is 0 Å². The highest BCUT2D eigenvalue weighted by Crippen LogP contribution is 2.29. The van der Waals surface area contributed by atoms with Crippen molar-refractivity contribution in [3.8, 4) is 11.8 Å². The van der Waals surface area contributed by atoms with Gasteiger partial charge < -0.3 is 9.84 Å². The molecule has 1 unspecified atom stereocenters. The van der Waals surface area contributed by atoms with Gasteiger partial charge in [-0.25, -0.2) is 4.39 Å². The van der Waals surface area contributed by atoms with Gasteiger partial charge in [0.1, 0.15) is 11.6 Å². The molecule has 0 bridgehead atoms. The molecule has 16 heavy (non-hydrogen) atoms. The Morgan fingerprint density at radius 3 is 2.88 bits per heavy atom. The minimum absolute atomic E-state index is 0.257. The number of halogens is 1. The first-order valence-electron chi connectivity index (χ1n) is 4.53. The van der Waals surface area contributed by atoms with Gasteiger partial charge in [0.15, 0.2) is 0 Å². The maximum absolute atomic E-state index is 13.0. The number of ether oxygens (including phenoxy) is 1. The second-order valence-electron chi connectivity index (χ2n) is 3.17. The van der Waals surface area contributed by atoms with Gasteiger partial charge in [-0.3, -0.25) is 4.79 Å². The highest BCUT2D eigenvalue weighted by Gasteiger charge is 2.19. The van der Waals surface area contributed by atoms with Crippen LogP contribution in [0.2, 0.25) is 0 Å². The predicted molar refractivity (Wildman–Crippen MR) is 53.6 cm³/mol. The molecule has 0 aliphatic carbocycles. The number of benzene rings is 1. The second-order valence-corrected chi connectivity index (χ2v) is 3.17. The van der Waals surface area contributed by atoms with E-state index in [1.807, 2.05) is 6.07 Å². The SMILES string of the molecule is COc1ccc(F)cc1C(C#N)CC(=O)O. The molecule has 0 saturated heterocycles. The average molecular weight is 223 g/mol. The van der Waals surface area contributed by atoms with Gasteiger partial charge in [-0.15, -0.1) is 0 Å². The lowest BCUT2D eigenvalue weighted by molar-refractivity contribution is -0.137. The number of aliphatic carboxylic acids is 1. The molecule has 1 atom stereocenters. The number of hydrogen-bond acceptors (Lipinski definition) is 3. The van der Waals surface area contributed by atoms with Gasteiger partial charge in [0.05, 0.1) is 25.5 Å². The number of methoxy groups -OCH3 is 1. The number of nitrogens with zero attached hydrogens (tertiary/aromatic N) is 1. The first kappa shape index (κ1) is 12.0. The standard InChI is InChI=1S/C11H10FNO3/c1-16-10-3-2-8(12)5-9(10)7(6-13)4-11(14)15/h2-3,5,7H,4H2,1H3,(H,14,15). The summed E-state index contributed by atoms with van der Waals surface area (Å²) in [6, 6.07) is 5.51. The number of carboxylic acid groups (broad SMARTS) is 1. The molecule has 0 aliphatic heterocycles. The van der Waals surface area contributed by atoms with Crippen molar-refractivity contribution in [2.45, 2.75) is 12.3 Å². The summed E-state index contributed by atoms with van der Waals surface area (Å²) in [5.74, 6) is -2.24. The fraction of sp³-hybridized carbons (Fsp3) is 0.273. The Bertz CT molecular complexity index is 439. The molecular weight excluding hydrogens is 213 g/mol.